The SMILES string of the molecule is CN1CCN(CCC(=O)c2cc(O)c(O)c([N+](=O)[O-])c2)CC1. The van der Waals surface area contributed by atoms with E-state index in [1.807, 2.05) is 7.05 Å². The molecule has 0 aliphatic carbocycles. The summed E-state index contributed by atoms with van der Waals surface area (Å²) in [5.41, 5.74) is -0.626. The highest BCUT2D eigenvalue weighted by molar-refractivity contribution is 5.97. The number of hydrogen-bond donors (Lipinski definition) is 2. The maximum absolute atomic E-state index is 12.1. The van der Waals surface area contributed by atoms with E-state index in [0.29, 0.717) is 6.54 Å². The molecule has 1 aliphatic heterocycles. The monoisotopic (exact) mass is 309 g/mol. The molecule has 0 bridgehead atoms. The van der Waals surface area contributed by atoms with Gasteiger partial charge in [-0.15, -0.1) is 0 Å². The lowest BCUT2D eigenvalue weighted by Gasteiger charge is -2.32. The van der Waals surface area contributed by atoms with E-state index in [9.17, 15) is 25.1 Å². The molecule has 0 aromatic heterocycles. The van der Waals surface area contributed by atoms with Gasteiger partial charge in [-0.1, -0.05) is 0 Å². The van der Waals surface area contributed by atoms with Gasteiger partial charge in [0, 0.05) is 50.8 Å². The largest absolute Gasteiger partial charge is 0.504 e. The van der Waals surface area contributed by atoms with Crippen molar-refractivity contribution in [3.05, 3.63) is 27.8 Å². The number of piperazine rings is 1. The summed E-state index contributed by atoms with van der Waals surface area (Å²) < 4.78 is 0. The Morgan fingerprint density at radius 2 is 1.91 bits per heavy atom. The number of Topliss-reactive ketones (excluding diaryl/α,β-unsaturated/α-hetero) is 1. The van der Waals surface area contributed by atoms with Gasteiger partial charge in [0.25, 0.3) is 0 Å². The first kappa shape index (κ1) is 16.2. The van der Waals surface area contributed by atoms with Crippen molar-refractivity contribution in [3.63, 3.8) is 0 Å². The van der Waals surface area contributed by atoms with Gasteiger partial charge >= 0.3 is 5.69 Å². The van der Waals surface area contributed by atoms with Crippen LogP contribution in [-0.4, -0.2) is 70.5 Å². The molecule has 120 valence electrons. The summed E-state index contributed by atoms with van der Waals surface area (Å²) in [6.07, 6.45) is 0.213. The molecule has 8 nitrogen and oxygen atoms in total. The number of phenolic OH excluding ortho intramolecular Hbond substituents is 2. The van der Waals surface area contributed by atoms with Crippen molar-refractivity contribution < 1.29 is 19.9 Å². The Kier molecular flexibility index (Phi) is 4.94. The second-order valence-corrected chi connectivity index (χ2v) is 5.44. The zero-order valence-corrected chi connectivity index (χ0v) is 12.4. The number of benzene rings is 1. The lowest BCUT2D eigenvalue weighted by Crippen LogP contribution is -2.45. The van der Waals surface area contributed by atoms with Crippen molar-refractivity contribution >= 4 is 11.5 Å². The van der Waals surface area contributed by atoms with Crippen molar-refractivity contribution in [2.24, 2.45) is 0 Å². The fraction of sp³-hybridized carbons (Fsp3) is 0.500. The summed E-state index contributed by atoms with van der Waals surface area (Å²) in [5.74, 6) is -1.77. The molecule has 0 unspecified atom stereocenters. The van der Waals surface area contributed by atoms with Crippen LogP contribution < -0.4 is 0 Å². The van der Waals surface area contributed by atoms with Gasteiger partial charge in [-0.3, -0.25) is 14.9 Å². The quantitative estimate of drug-likeness (QED) is 0.359. The molecule has 1 aliphatic rings. The van der Waals surface area contributed by atoms with Gasteiger partial charge < -0.3 is 20.0 Å². The summed E-state index contributed by atoms with van der Waals surface area (Å²) in [5, 5.41) is 29.7. The van der Waals surface area contributed by atoms with Crippen molar-refractivity contribution in [1.29, 1.82) is 0 Å². The molecule has 22 heavy (non-hydrogen) atoms. The predicted molar refractivity (Wildman–Crippen MR) is 79.3 cm³/mol. The third-order valence-corrected chi connectivity index (χ3v) is 3.84. The molecule has 2 N–H and O–H groups in total. The number of carbonyl (C=O) groups excluding carboxylic acids is 1. The number of hydrogen-bond acceptors (Lipinski definition) is 7. The second kappa shape index (κ2) is 6.71. The Labute approximate surface area is 127 Å². The molecule has 0 spiro atoms. The molecule has 0 amide bonds. The van der Waals surface area contributed by atoms with E-state index < -0.39 is 22.1 Å². The Bertz CT molecular complexity index is 582. The van der Waals surface area contributed by atoms with Crippen LogP contribution in [-0.2, 0) is 0 Å². The molecule has 1 aromatic rings. The molecule has 0 saturated carbocycles. The first-order valence-electron chi connectivity index (χ1n) is 7.03. The van der Waals surface area contributed by atoms with Crippen LogP contribution in [0, 0.1) is 10.1 Å². The average Bonchev–Trinajstić information content (AvgIpc) is 2.48. The highest BCUT2D eigenvalue weighted by atomic mass is 16.6. The van der Waals surface area contributed by atoms with Gasteiger partial charge in [0.2, 0.25) is 5.75 Å². The summed E-state index contributed by atoms with van der Waals surface area (Å²) in [4.78, 5) is 26.5. The number of nitro benzene ring substituents is 1. The molecule has 0 radical (unpaired) electrons. The highest BCUT2D eigenvalue weighted by Gasteiger charge is 2.22. The number of nitro groups is 1. The summed E-state index contributed by atoms with van der Waals surface area (Å²) in [7, 11) is 2.04. The summed E-state index contributed by atoms with van der Waals surface area (Å²) in [6, 6.07) is 2.07. The van der Waals surface area contributed by atoms with Crippen molar-refractivity contribution in [1.82, 2.24) is 9.80 Å². The van der Waals surface area contributed by atoms with Gasteiger partial charge in [0.15, 0.2) is 11.5 Å². The van der Waals surface area contributed by atoms with Crippen LogP contribution in [0.25, 0.3) is 0 Å². The molecule has 1 saturated heterocycles. The molecule has 2 rings (SSSR count). The van der Waals surface area contributed by atoms with Crippen molar-refractivity contribution in [2.45, 2.75) is 6.42 Å². The summed E-state index contributed by atoms with van der Waals surface area (Å²) in [6.45, 7) is 4.22. The maximum Gasteiger partial charge on any atom is 0.315 e. The van der Waals surface area contributed by atoms with E-state index in [4.69, 9.17) is 0 Å². The first-order valence-corrected chi connectivity index (χ1v) is 7.03. The highest BCUT2D eigenvalue weighted by Crippen LogP contribution is 2.36. The van der Waals surface area contributed by atoms with Gasteiger partial charge in [-0.25, -0.2) is 0 Å². The zero-order chi connectivity index (χ0) is 16.3. The number of rotatable bonds is 5. The molecule has 1 fully saturated rings. The van der Waals surface area contributed by atoms with Gasteiger partial charge in [-0.05, 0) is 13.1 Å². The normalized spacial score (nSPS) is 16.6. The molecular formula is C14H19N3O5. The minimum Gasteiger partial charge on any atom is -0.504 e. The minimum atomic E-state index is -0.827. The van der Waals surface area contributed by atoms with Crippen LogP contribution >= 0.6 is 0 Å². The van der Waals surface area contributed by atoms with Crippen LogP contribution in [0.3, 0.4) is 0 Å². The number of carbonyl (C=O) groups is 1. The van der Waals surface area contributed by atoms with Gasteiger partial charge in [0.05, 0.1) is 4.92 Å². The second-order valence-electron chi connectivity index (χ2n) is 5.44. The van der Waals surface area contributed by atoms with Crippen LogP contribution in [0.2, 0.25) is 0 Å². The predicted octanol–water partition coefficient (Wildman–Crippen LogP) is 0.826. The standard InChI is InChI=1S/C14H19N3O5/c1-15-4-6-16(7-5-15)3-2-12(18)10-8-11(17(21)22)14(20)13(19)9-10/h8-9,19-20H,2-7H2,1H3. The van der Waals surface area contributed by atoms with Crippen molar-refractivity contribution in [3.8, 4) is 11.5 Å². The number of ketones is 1. The van der Waals surface area contributed by atoms with Gasteiger partial charge in [-0.2, -0.15) is 0 Å². The van der Waals surface area contributed by atoms with Gasteiger partial charge in [0.1, 0.15) is 0 Å². The molecule has 8 heteroatoms. The number of nitrogens with zero attached hydrogens (tertiary/aromatic N) is 3. The average molecular weight is 309 g/mol. The molecule has 0 atom stereocenters. The van der Waals surface area contributed by atoms with E-state index in [0.717, 1.165) is 38.3 Å². The summed E-state index contributed by atoms with van der Waals surface area (Å²) >= 11 is 0. The van der Waals surface area contributed by atoms with Crippen LogP contribution in [0.4, 0.5) is 5.69 Å². The van der Waals surface area contributed by atoms with Crippen LogP contribution in [0.5, 0.6) is 11.5 Å². The fourth-order valence-corrected chi connectivity index (χ4v) is 2.38. The smallest absolute Gasteiger partial charge is 0.315 e. The maximum atomic E-state index is 12.1. The van der Waals surface area contributed by atoms with E-state index in [1.54, 1.807) is 0 Å². The zero-order valence-electron chi connectivity index (χ0n) is 12.4. The number of phenols is 2. The van der Waals surface area contributed by atoms with E-state index in [1.165, 1.54) is 0 Å². The van der Waals surface area contributed by atoms with E-state index >= 15 is 0 Å². The Hall–Kier alpha value is -2.19. The Balaban J connectivity index is 2.02. The third kappa shape index (κ3) is 3.71. The third-order valence-electron chi connectivity index (χ3n) is 3.84. The molecule has 1 aromatic carbocycles. The fourth-order valence-electron chi connectivity index (χ4n) is 2.38. The first-order chi connectivity index (χ1) is 10.4. The Morgan fingerprint density at radius 1 is 1.27 bits per heavy atom. The topological polar surface area (TPSA) is 107 Å². The van der Waals surface area contributed by atoms with Crippen LogP contribution in [0.15, 0.2) is 12.1 Å². The number of aromatic hydroxyl groups is 2. The van der Waals surface area contributed by atoms with Crippen molar-refractivity contribution in [2.75, 3.05) is 39.8 Å². The Morgan fingerprint density at radius 3 is 2.50 bits per heavy atom. The molecule has 1 heterocycles. The van der Waals surface area contributed by atoms with Crippen LogP contribution in [0.1, 0.15) is 16.8 Å². The number of likely N-dealkylation sites (N-methyl/N-ethyl adjacent to an activating group) is 1. The molecular weight excluding hydrogens is 290 g/mol. The lowest BCUT2D eigenvalue weighted by molar-refractivity contribution is -0.386. The van der Waals surface area contributed by atoms with E-state index in [-0.39, 0.29) is 17.8 Å². The van der Waals surface area contributed by atoms with E-state index in [2.05, 4.69) is 9.80 Å². The minimum absolute atomic E-state index is 0.0381. The lowest BCUT2D eigenvalue weighted by atomic mass is 10.1.